The molecule has 5 rings (SSSR count). The number of fused-ring (bicyclic) bond motifs is 2. The molecule has 0 spiro atoms. The van der Waals surface area contributed by atoms with E-state index in [1.807, 2.05) is 31.2 Å². The maximum atomic E-state index is 10.8. The van der Waals surface area contributed by atoms with Crippen molar-refractivity contribution in [1.29, 1.82) is 0 Å². The summed E-state index contributed by atoms with van der Waals surface area (Å²) in [6.07, 6.45) is 0. The molecule has 0 bridgehead atoms. The molecule has 0 saturated heterocycles. The summed E-state index contributed by atoms with van der Waals surface area (Å²) in [6.45, 7) is 2.52. The maximum Gasteiger partial charge on any atom is 0.269 e. The SMILES string of the molecule is CCOc1ccc2nc3sc(-c4nnc(-c5ccc([N+](=O)[O-])cc5)o4)c(N)c3cc2c1. The molecular formula is C21H15N5O4S. The molecule has 2 aromatic carbocycles. The number of nitro groups is 1. The van der Waals surface area contributed by atoms with E-state index in [9.17, 15) is 10.1 Å². The topological polar surface area (TPSA) is 130 Å². The minimum Gasteiger partial charge on any atom is -0.494 e. The van der Waals surface area contributed by atoms with Gasteiger partial charge in [0.2, 0.25) is 5.89 Å². The highest BCUT2D eigenvalue weighted by atomic mass is 32.1. The van der Waals surface area contributed by atoms with Crippen molar-refractivity contribution in [2.75, 3.05) is 12.3 Å². The fraction of sp³-hybridized carbons (Fsp3) is 0.0952. The molecular weight excluding hydrogens is 418 g/mol. The molecule has 0 radical (unpaired) electrons. The Morgan fingerprint density at radius 2 is 1.90 bits per heavy atom. The predicted octanol–water partition coefficient (Wildman–Crippen LogP) is 5.06. The quantitative estimate of drug-likeness (QED) is 0.301. The van der Waals surface area contributed by atoms with Gasteiger partial charge in [0.1, 0.15) is 15.5 Å². The van der Waals surface area contributed by atoms with Gasteiger partial charge in [0.25, 0.3) is 11.6 Å². The van der Waals surface area contributed by atoms with E-state index in [-0.39, 0.29) is 17.5 Å². The lowest BCUT2D eigenvalue weighted by molar-refractivity contribution is -0.384. The van der Waals surface area contributed by atoms with Crippen molar-refractivity contribution in [3.63, 3.8) is 0 Å². The summed E-state index contributed by atoms with van der Waals surface area (Å²) in [4.78, 5) is 16.5. The number of non-ortho nitro benzene ring substituents is 1. The molecule has 3 heterocycles. The highest BCUT2D eigenvalue weighted by molar-refractivity contribution is 7.22. The zero-order chi connectivity index (χ0) is 21.5. The molecule has 0 aliphatic rings. The third-order valence-corrected chi connectivity index (χ3v) is 5.84. The largest absolute Gasteiger partial charge is 0.494 e. The van der Waals surface area contributed by atoms with E-state index in [4.69, 9.17) is 19.9 Å². The molecule has 3 aromatic heterocycles. The van der Waals surface area contributed by atoms with Gasteiger partial charge in [-0.1, -0.05) is 0 Å². The lowest BCUT2D eigenvalue weighted by Crippen LogP contribution is -1.91. The van der Waals surface area contributed by atoms with E-state index in [0.29, 0.717) is 22.7 Å². The minimum absolute atomic E-state index is 0.0112. The number of ether oxygens (including phenoxy) is 1. The number of nitro benzene ring substituents is 1. The van der Waals surface area contributed by atoms with Crippen LogP contribution in [0.2, 0.25) is 0 Å². The zero-order valence-corrected chi connectivity index (χ0v) is 17.0. The molecule has 9 nitrogen and oxygen atoms in total. The maximum absolute atomic E-state index is 10.8. The molecule has 2 N–H and O–H groups in total. The lowest BCUT2D eigenvalue weighted by atomic mass is 10.1. The van der Waals surface area contributed by atoms with Gasteiger partial charge in [0.05, 0.1) is 22.7 Å². The van der Waals surface area contributed by atoms with Crippen molar-refractivity contribution in [2.45, 2.75) is 6.92 Å². The summed E-state index contributed by atoms with van der Waals surface area (Å²) in [5.41, 5.74) is 8.31. The van der Waals surface area contributed by atoms with Crippen LogP contribution in [0.1, 0.15) is 6.92 Å². The molecule has 0 aliphatic heterocycles. The van der Waals surface area contributed by atoms with Gasteiger partial charge in [0.15, 0.2) is 0 Å². The van der Waals surface area contributed by atoms with Crippen LogP contribution in [0.15, 0.2) is 52.9 Å². The molecule has 10 heteroatoms. The first kappa shape index (κ1) is 18.9. The van der Waals surface area contributed by atoms with Gasteiger partial charge >= 0.3 is 0 Å². The van der Waals surface area contributed by atoms with Crippen LogP contribution in [0.25, 0.3) is 43.3 Å². The number of benzene rings is 2. The number of nitrogens with zero attached hydrogens (tertiary/aromatic N) is 4. The van der Waals surface area contributed by atoms with Gasteiger partial charge in [-0.15, -0.1) is 21.5 Å². The van der Waals surface area contributed by atoms with Gasteiger partial charge in [-0.25, -0.2) is 4.98 Å². The van der Waals surface area contributed by atoms with E-state index in [0.717, 1.165) is 26.9 Å². The number of rotatable bonds is 5. The van der Waals surface area contributed by atoms with Gasteiger partial charge in [0, 0.05) is 28.5 Å². The predicted molar refractivity (Wildman–Crippen MR) is 118 cm³/mol. The van der Waals surface area contributed by atoms with Crippen molar-refractivity contribution in [1.82, 2.24) is 15.2 Å². The van der Waals surface area contributed by atoms with E-state index < -0.39 is 4.92 Å². The number of pyridine rings is 1. The first-order valence-electron chi connectivity index (χ1n) is 9.38. The molecule has 31 heavy (non-hydrogen) atoms. The Balaban J connectivity index is 1.55. The molecule has 5 aromatic rings. The monoisotopic (exact) mass is 433 g/mol. The van der Waals surface area contributed by atoms with Crippen molar-refractivity contribution in [3.05, 3.63) is 58.6 Å². The number of aromatic nitrogens is 3. The van der Waals surface area contributed by atoms with E-state index >= 15 is 0 Å². The standard InChI is InChI=1S/C21H15N5O4S/c1-2-29-14-7-8-16-12(9-14)10-15-17(22)18(31-21(15)23-16)20-25-24-19(30-20)11-3-5-13(6-4-11)26(27)28/h3-10H,2,22H2,1H3. The first-order chi connectivity index (χ1) is 15.0. The average Bonchev–Trinajstić information content (AvgIpc) is 3.38. The number of thiophene rings is 1. The Bertz CT molecular complexity index is 1440. The van der Waals surface area contributed by atoms with Crippen LogP contribution in [0.4, 0.5) is 11.4 Å². The van der Waals surface area contributed by atoms with Crippen molar-refractivity contribution in [2.24, 2.45) is 0 Å². The van der Waals surface area contributed by atoms with Crippen molar-refractivity contribution in [3.8, 4) is 28.0 Å². The summed E-state index contributed by atoms with van der Waals surface area (Å²) in [6, 6.07) is 13.6. The van der Waals surface area contributed by atoms with Crippen LogP contribution in [-0.2, 0) is 0 Å². The summed E-state index contributed by atoms with van der Waals surface area (Å²) < 4.78 is 11.4. The second kappa shape index (κ2) is 7.33. The third kappa shape index (κ3) is 3.32. The smallest absolute Gasteiger partial charge is 0.269 e. The van der Waals surface area contributed by atoms with Crippen LogP contribution in [-0.4, -0.2) is 26.7 Å². The normalized spacial score (nSPS) is 11.3. The van der Waals surface area contributed by atoms with E-state index in [2.05, 4.69) is 10.2 Å². The summed E-state index contributed by atoms with van der Waals surface area (Å²) in [5.74, 6) is 1.30. The summed E-state index contributed by atoms with van der Waals surface area (Å²) in [7, 11) is 0. The van der Waals surface area contributed by atoms with Crippen molar-refractivity contribution >= 4 is 43.8 Å². The van der Waals surface area contributed by atoms with Crippen LogP contribution < -0.4 is 10.5 Å². The van der Waals surface area contributed by atoms with Crippen LogP contribution in [0, 0.1) is 10.1 Å². The Labute approximate surface area is 179 Å². The number of hydrogen-bond acceptors (Lipinski definition) is 9. The third-order valence-electron chi connectivity index (χ3n) is 4.74. The average molecular weight is 433 g/mol. The molecule has 154 valence electrons. The first-order valence-corrected chi connectivity index (χ1v) is 10.2. The number of nitrogens with two attached hydrogens (primary N) is 1. The minimum atomic E-state index is -0.463. The van der Waals surface area contributed by atoms with Gasteiger partial charge < -0.3 is 14.9 Å². The molecule has 0 fully saturated rings. The Morgan fingerprint density at radius 1 is 1.13 bits per heavy atom. The van der Waals surface area contributed by atoms with Gasteiger partial charge in [-0.05, 0) is 43.3 Å². The Kier molecular flexibility index (Phi) is 4.48. The summed E-state index contributed by atoms with van der Waals surface area (Å²) >= 11 is 1.37. The highest BCUT2D eigenvalue weighted by Crippen LogP contribution is 2.41. The fourth-order valence-corrected chi connectivity index (χ4v) is 4.26. The second-order valence-corrected chi connectivity index (χ2v) is 7.69. The number of hydrogen-bond donors (Lipinski definition) is 1. The van der Waals surface area contributed by atoms with Gasteiger partial charge in [-0.3, -0.25) is 10.1 Å². The second-order valence-electron chi connectivity index (χ2n) is 6.69. The van der Waals surface area contributed by atoms with Crippen molar-refractivity contribution < 1.29 is 14.1 Å². The Hall–Kier alpha value is -4.05. The van der Waals surface area contributed by atoms with Crippen LogP contribution in [0.3, 0.4) is 0 Å². The van der Waals surface area contributed by atoms with Gasteiger partial charge in [-0.2, -0.15) is 0 Å². The van der Waals surface area contributed by atoms with E-state index in [1.165, 1.54) is 23.5 Å². The highest BCUT2D eigenvalue weighted by Gasteiger charge is 2.19. The Morgan fingerprint density at radius 3 is 2.65 bits per heavy atom. The number of nitrogen functional groups attached to an aromatic ring is 1. The summed E-state index contributed by atoms with van der Waals surface area (Å²) in [5, 5.41) is 20.7. The molecule has 0 unspecified atom stereocenters. The molecule has 0 aliphatic carbocycles. The molecule has 0 amide bonds. The zero-order valence-electron chi connectivity index (χ0n) is 16.2. The fourth-order valence-electron chi connectivity index (χ4n) is 3.25. The lowest BCUT2D eigenvalue weighted by Gasteiger charge is -2.04. The van der Waals surface area contributed by atoms with Crippen LogP contribution >= 0.6 is 11.3 Å². The number of anilines is 1. The molecule has 0 atom stereocenters. The van der Waals surface area contributed by atoms with Crippen LogP contribution in [0.5, 0.6) is 5.75 Å². The molecule has 0 saturated carbocycles. The van der Waals surface area contributed by atoms with E-state index in [1.54, 1.807) is 12.1 Å².